The van der Waals surface area contributed by atoms with Gasteiger partial charge in [0.1, 0.15) is 0 Å². The minimum absolute atomic E-state index is 0.00576. The Kier molecular flexibility index (Phi) is 5.03. The fraction of sp³-hybridized carbons (Fsp3) is 0.444. The number of aryl methyl sites for hydroxylation is 1. The maximum Gasteiger partial charge on any atom is 0.260 e. The first-order valence-corrected chi connectivity index (χ1v) is 7.58. The first kappa shape index (κ1) is 14.1. The van der Waals surface area contributed by atoms with Gasteiger partial charge in [-0.05, 0) is 0 Å². The molecular formula is C9H16N4O2S2. The molecule has 0 amide bonds. The number of anilines is 1. The molecule has 0 aromatic carbocycles. The molecule has 96 valence electrons. The van der Waals surface area contributed by atoms with Gasteiger partial charge in [0.25, 0.3) is 10.0 Å². The fourth-order valence-electron chi connectivity index (χ4n) is 1.25. The van der Waals surface area contributed by atoms with Gasteiger partial charge in [0.2, 0.25) is 0 Å². The van der Waals surface area contributed by atoms with Crippen LogP contribution in [0.2, 0.25) is 0 Å². The van der Waals surface area contributed by atoms with E-state index in [0.29, 0.717) is 12.3 Å². The van der Waals surface area contributed by atoms with Crippen molar-refractivity contribution in [1.29, 1.82) is 0 Å². The Morgan fingerprint density at radius 2 is 2.41 bits per heavy atom. The van der Waals surface area contributed by atoms with Crippen molar-refractivity contribution in [3.05, 3.63) is 19.0 Å². The number of nitrogens with zero attached hydrogens (tertiary/aromatic N) is 2. The van der Waals surface area contributed by atoms with Crippen LogP contribution in [0.15, 0.2) is 24.0 Å². The normalized spacial score (nSPS) is 11.6. The summed E-state index contributed by atoms with van der Waals surface area (Å²) in [5, 5.41) is 0.00576. The van der Waals surface area contributed by atoms with Crippen molar-refractivity contribution in [2.24, 2.45) is 7.05 Å². The van der Waals surface area contributed by atoms with Crippen molar-refractivity contribution >= 4 is 27.6 Å². The third-order valence-electron chi connectivity index (χ3n) is 1.94. The lowest BCUT2D eigenvalue weighted by molar-refractivity contribution is 0.574. The summed E-state index contributed by atoms with van der Waals surface area (Å²) in [5.74, 6) is 1.50. The van der Waals surface area contributed by atoms with E-state index in [2.05, 4.69) is 16.3 Å². The van der Waals surface area contributed by atoms with Gasteiger partial charge in [0.15, 0.2) is 10.8 Å². The van der Waals surface area contributed by atoms with Crippen LogP contribution in [-0.4, -0.2) is 36.0 Å². The van der Waals surface area contributed by atoms with Gasteiger partial charge in [-0.1, -0.05) is 6.08 Å². The minimum atomic E-state index is -3.58. The molecule has 1 aromatic heterocycles. The van der Waals surface area contributed by atoms with Crippen LogP contribution in [0.3, 0.4) is 0 Å². The molecule has 0 bridgehead atoms. The minimum Gasteiger partial charge on any atom is -0.381 e. The molecule has 0 radical (unpaired) electrons. The number of hydrogen-bond donors (Lipinski definition) is 2. The van der Waals surface area contributed by atoms with Crippen molar-refractivity contribution in [3.63, 3.8) is 0 Å². The molecule has 1 heterocycles. The molecule has 17 heavy (non-hydrogen) atoms. The monoisotopic (exact) mass is 276 g/mol. The van der Waals surface area contributed by atoms with Crippen LogP contribution in [0.1, 0.15) is 0 Å². The van der Waals surface area contributed by atoms with Gasteiger partial charge < -0.3 is 10.3 Å². The number of nitrogen functional groups attached to an aromatic ring is 1. The number of sulfonamides is 1. The fourth-order valence-corrected chi connectivity index (χ4v) is 3.22. The number of imidazole rings is 1. The molecule has 0 fully saturated rings. The molecule has 0 saturated heterocycles. The second kappa shape index (κ2) is 6.08. The molecule has 1 aromatic rings. The van der Waals surface area contributed by atoms with E-state index in [1.54, 1.807) is 24.9 Å². The maximum atomic E-state index is 11.9. The van der Waals surface area contributed by atoms with Gasteiger partial charge >= 0.3 is 0 Å². The standard InChI is InChI=1S/C9H16N4O2S2/c1-3-5-16-6-4-12-17(14,15)9-8(10)11-7-13(9)2/h3,7,12H,1,4-6,10H2,2H3. The highest BCUT2D eigenvalue weighted by Gasteiger charge is 2.21. The van der Waals surface area contributed by atoms with Crippen molar-refractivity contribution in [3.8, 4) is 0 Å². The topological polar surface area (TPSA) is 90.0 Å². The lowest BCUT2D eigenvalue weighted by Crippen LogP contribution is -2.28. The highest BCUT2D eigenvalue weighted by Crippen LogP contribution is 2.14. The Labute approximate surface area is 105 Å². The van der Waals surface area contributed by atoms with Crippen LogP contribution in [0.5, 0.6) is 0 Å². The van der Waals surface area contributed by atoms with E-state index in [-0.39, 0.29) is 10.8 Å². The molecule has 0 aliphatic heterocycles. The summed E-state index contributed by atoms with van der Waals surface area (Å²) in [5.41, 5.74) is 5.51. The van der Waals surface area contributed by atoms with Crippen LogP contribution in [-0.2, 0) is 17.1 Å². The van der Waals surface area contributed by atoms with Gasteiger partial charge in [-0.3, -0.25) is 0 Å². The number of nitrogens with two attached hydrogens (primary N) is 1. The van der Waals surface area contributed by atoms with Crippen LogP contribution in [0, 0.1) is 0 Å². The van der Waals surface area contributed by atoms with E-state index >= 15 is 0 Å². The molecule has 1 rings (SSSR count). The van der Waals surface area contributed by atoms with E-state index in [4.69, 9.17) is 5.73 Å². The zero-order valence-electron chi connectivity index (χ0n) is 9.59. The molecule has 0 saturated carbocycles. The molecule has 0 aliphatic carbocycles. The summed E-state index contributed by atoms with van der Waals surface area (Å²) >= 11 is 1.60. The second-order valence-corrected chi connectivity index (χ2v) is 6.14. The van der Waals surface area contributed by atoms with Gasteiger partial charge in [-0.15, -0.1) is 6.58 Å². The number of thioether (sulfide) groups is 1. The Hall–Kier alpha value is -0.990. The highest BCUT2D eigenvalue weighted by atomic mass is 32.2. The summed E-state index contributed by atoms with van der Waals surface area (Å²) in [7, 11) is -1.99. The first-order chi connectivity index (χ1) is 7.99. The molecule has 3 N–H and O–H groups in total. The molecule has 0 spiro atoms. The van der Waals surface area contributed by atoms with E-state index in [1.165, 1.54) is 10.9 Å². The summed E-state index contributed by atoms with van der Waals surface area (Å²) in [6, 6.07) is 0. The van der Waals surface area contributed by atoms with Crippen LogP contribution in [0.4, 0.5) is 5.82 Å². The maximum absolute atomic E-state index is 11.9. The molecule has 8 heteroatoms. The zero-order chi connectivity index (χ0) is 12.9. The Bertz CT molecular complexity index is 462. The number of hydrogen-bond acceptors (Lipinski definition) is 5. The van der Waals surface area contributed by atoms with Crippen molar-refractivity contribution in [2.75, 3.05) is 23.8 Å². The quantitative estimate of drug-likeness (QED) is 0.548. The van der Waals surface area contributed by atoms with Gasteiger partial charge in [-0.25, -0.2) is 18.1 Å². The third-order valence-corrected chi connectivity index (χ3v) is 4.49. The number of rotatable bonds is 7. The number of aromatic nitrogens is 2. The van der Waals surface area contributed by atoms with E-state index < -0.39 is 10.0 Å². The zero-order valence-corrected chi connectivity index (χ0v) is 11.2. The molecular weight excluding hydrogens is 260 g/mol. The lowest BCUT2D eigenvalue weighted by atomic mass is 10.8. The summed E-state index contributed by atoms with van der Waals surface area (Å²) in [4.78, 5) is 3.74. The Morgan fingerprint density at radius 1 is 1.71 bits per heavy atom. The highest BCUT2D eigenvalue weighted by molar-refractivity contribution is 7.99. The van der Waals surface area contributed by atoms with Crippen LogP contribution in [0.25, 0.3) is 0 Å². The van der Waals surface area contributed by atoms with E-state index in [9.17, 15) is 8.42 Å². The average Bonchev–Trinajstić information content (AvgIpc) is 2.58. The summed E-state index contributed by atoms with van der Waals surface area (Å²) in [6.45, 7) is 3.94. The average molecular weight is 276 g/mol. The lowest BCUT2D eigenvalue weighted by Gasteiger charge is -2.07. The SMILES string of the molecule is C=CCSCCNS(=O)(=O)c1c(N)ncn1C. The van der Waals surface area contributed by atoms with Crippen LogP contribution < -0.4 is 10.5 Å². The number of nitrogens with one attached hydrogen (secondary N) is 1. The predicted molar refractivity (Wildman–Crippen MR) is 70.3 cm³/mol. The summed E-state index contributed by atoms with van der Waals surface area (Å²) in [6.07, 6.45) is 3.15. The molecule has 6 nitrogen and oxygen atoms in total. The molecule has 0 atom stereocenters. The van der Waals surface area contributed by atoms with Crippen molar-refractivity contribution < 1.29 is 8.42 Å². The van der Waals surface area contributed by atoms with Gasteiger partial charge in [-0.2, -0.15) is 11.8 Å². The molecule has 0 unspecified atom stereocenters. The van der Waals surface area contributed by atoms with Crippen LogP contribution >= 0.6 is 11.8 Å². The second-order valence-electron chi connectivity index (χ2n) is 3.31. The van der Waals surface area contributed by atoms with E-state index in [1.807, 2.05) is 0 Å². The van der Waals surface area contributed by atoms with E-state index in [0.717, 1.165) is 5.75 Å². The Balaban J connectivity index is 2.61. The molecule has 0 aliphatic rings. The third kappa shape index (κ3) is 3.76. The van der Waals surface area contributed by atoms with Crippen molar-refractivity contribution in [1.82, 2.24) is 14.3 Å². The smallest absolute Gasteiger partial charge is 0.260 e. The largest absolute Gasteiger partial charge is 0.381 e. The van der Waals surface area contributed by atoms with Gasteiger partial charge in [0.05, 0.1) is 6.33 Å². The Morgan fingerprint density at radius 3 is 2.94 bits per heavy atom. The predicted octanol–water partition coefficient (Wildman–Crippen LogP) is 0.200. The summed E-state index contributed by atoms with van der Waals surface area (Å²) < 4.78 is 27.6. The van der Waals surface area contributed by atoms with Gasteiger partial charge in [0, 0.05) is 25.1 Å². The first-order valence-electron chi connectivity index (χ1n) is 4.94. The van der Waals surface area contributed by atoms with Crippen molar-refractivity contribution in [2.45, 2.75) is 5.03 Å².